The first-order valence-corrected chi connectivity index (χ1v) is 14.3. The minimum Gasteiger partial charge on any atom is -0.493 e. The van der Waals surface area contributed by atoms with Crippen molar-refractivity contribution >= 4 is 74.6 Å². The summed E-state index contributed by atoms with van der Waals surface area (Å²) in [5.41, 5.74) is 0.970. The van der Waals surface area contributed by atoms with Crippen LogP contribution >= 0.6 is 35.0 Å². The molecule has 5 rings (SSSR count). The van der Waals surface area contributed by atoms with E-state index in [1.807, 2.05) is 42.5 Å². The van der Waals surface area contributed by atoms with Gasteiger partial charge in [0.15, 0.2) is 18.1 Å². The molecule has 0 aromatic heterocycles. The van der Waals surface area contributed by atoms with E-state index in [0.717, 1.165) is 27.4 Å². The summed E-state index contributed by atoms with van der Waals surface area (Å²) in [6.45, 7) is -0.103. The molecule has 42 heavy (non-hydrogen) atoms. The molecule has 0 unspecified atom stereocenters. The Kier molecular flexibility index (Phi) is 9.22. The standard InChI is InChI=1S/C31H24Cl2N2O6S/c1-39-26-16-19(15-23(33)29(26)41-18-28(36)34-24-11-5-4-10-22(24)32)17-27-30(37)35(31(38)42-27)13-14-40-25-12-6-8-20-7-2-3-9-21(20)25/h2-12,15-17H,13-14,18H2,1H3,(H,34,36)/b27-17-. The van der Waals surface area contributed by atoms with E-state index in [1.54, 1.807) is 42.5 Å². The molecular weight excluding hydrogens is 599 g/mol. The number of hydrogen-bond acceptors (Lipinski definition) is 7. The fourth-order valence-electron chi connectivity index (χ4n) is 4.26. The van der Waals surface area contributed by atoms with Crippen LogP contribution in [0.25, 0.3) is 16.8 Å². The zero-order chi connectivity index (χ0) is 29.6. The number of rotatable bonds is 10. The lowest BCUT2D eigenvalue weighted by atomic mass is 10.1. The fraction of sp³-hybridized carbons (Fsp3) is 0.129. The Morgan fingerprint density at radius 3 is 2.50 bits per heavy atom. The summed E-state index contributed by atoms with van der Waals surface area (Å²) < 4.78 is 17.0. The molecule has 0 aliphatic carbocycles. The second kappa shape index (κ2) is 13.2. The molecule has 214 valence electrons. The number of amides is 3. The van der Waals surface area contributed by atoms with Crippen LogP contribution in [0.5, 0.6) is 17.2 Å². The van der Waals surface area contributed by atoms with Crippen LogP contribution < -0.4 is 19.5 Å². The molecule has 1 aliphatic rings. The number of methoxy groups -OCH3 is 1. The summed E-state index contributed by atoms with van der Waals surface area (Å²) in [5.74, 6) is 0.217. The van der Waals surface area contributed by atoms with Crippen molar-refractivity contribution in [2.24, 2.45) is 0 Å². The van der Waals surface area contributed by atoms with E-state index in [1.165, 1.54) is 7.11 Å². The van der Waals surface area contributed by atoms with Gasteiger partial charge in [-0.05, 0) is 59.1 Å². The number of thioether (sulfide) groups is 1. The van der Waals surface area contributed by atoms with Crippen LogP contribution in [0.2, 0.25) is 10.0 Å². The number of fused-ring (bicyclic) bond motifs is 1. The maximum Gasteiger partial charge on any atom is 0.293 e. The molecule has 0 saturated carbocycles. The Morgan fingerprint density at radius 2 is 1.69 bits per heavy atom. The first kappa shape index (κ1) is 29.3. The Morgan fingerprint density at radius 1 is 0.929 bits per heavy atom. The van der Waals surface area contributed by atoms with Crippen molar-refractivity contribution in [1.29, 1.82) is 0 Å². The average Bonchev–Trinajstić information content (AvgIpc) is 3.24. The topological polar surface area (TPSA) is 94.2 Å². The normalized spacial score (nSPS) is 14.0. The molecule has 4 aromatic rings. The van der Waals surface area contributed by atoms with Gasteiger partial charge in [-0.15, -0.1) is 0 Å². The molecule has 8 nitrogen and oxygen atoms in total. The Hall–Kier alpha value is -4.18. The van der Waals surface area contributed by atoms with Crippen molar-refractivity contribution in [3.63, 3.8) is 0 Å². The van der Waals surface area contributed by atoms with E-state index in [2.05, 4.69) is 5.32 Å². The lowest BCUT2D eigenvalue weighted by Gasteiger charge is -2.14. The van der Waals surface area contributed by atoms with Crippen LogP contribution in [-0.2, 0) is 9.59 Å². The van der Waals surface area contributed by atoms with Gasteiger partial charge in [0.1, 0.15) is 12.4 Å². The average molecular weight is 624 g/mol. The smallest absolute Gasteiger partial charge is 0.293 e. The monoisotopic (exact) mass is 622 g/mol. The van der Waals surface area contributed by atoms with Crippen LogP contribution in [0, 0.1) is 0 Å². The number of carbonyl (C=O) groups excluding carboxylic acids is 3. The second-order valence-electron chi connectivity index (χ2n) is 9.01. The highest BCUT2D eigenvalue weighted by molar-refractivity contribution is 8.18. The van der Waals surface area contributed by atoms with Crippen molar-refractivity contribution in [2.45, 2.75) is 0 Å². The fourth-order valence-corrected chi connectivity index (χ4v) is 5.58. The van der Waals surface area contributed by atoms with E-state index in [9.17, 15) is 14.4 Å². The van der Waals surface area contributed by atoms with E-state index in [4.69, 9.17) is 37.4 Å². The van der Waals surface area contributed by atoms with E-state index >= 15 is 0 Å². The zero-order valence-electron chi connectivity index (χ0n) is 22.3. The van der Waals surface area contributed by atoms with Crippen molar-refractivity contribution in [3.05, 3.63) is 99.4 Å². The molecule has 0 atom stereocenters. The van der Waals surface area contributed by atoms with Gasteiger partial charge in [-0.3, -0.25) is 19.3 Å². The summed E-state index contributed by atoms with van der Waals surface area (Å²) in [6.07, 6.45) is 1.55. The number of hydrogen-bond donors (Lipinski definition) is 1. The first-order chi connectivity index (χ1) is 20.3. The third-order valence-corrected chi connectivity index (χ3v) is 7.76. The molecule has 11 heteroatoms. The summed E-state index contributed by atoms with van der Waals surface area (Å²) in [7, 11) is 1.43. The van der Waals surface area contributed by atoms with Crippen LogP contribution in [0.1, 0.15) is 5.56 Å². The van der Waals surface area contributed by atoms with Crippen LogP contribution in [-0.4, -0.2) is 48.8 Å². The highest BCUT2D eigenvalue weighted by Gasteiger charge is 2.35. The SMILES string of the molecule is COc1cc(/C=C2\SC(=O)N(CCOc3cccc4ccccc34)C2=O)cc(Cl)c1OCC(=O)Nc1ccccc1Cl. The minimum atomic E-state index is -0.441. The third kappa shape index (κ3) is 6.65. The molecule has 1 aliphatic heterocycles. The summed E-state index contributed by atoms with van der Waals surface area (Å²) in [5, 5.41) is 4.82. The number of halogens is 2. The Balaban J connectivity index is 1.23. The first-order valence-electron chi connectivity index (χ1n) is 12.7. The van der Waals surface area contributed by atoms with Gasteiger partial charge in [0.2, 0.25) is 0 Å². The molecule has 0 radical (unpaired) electrons. The number of ether oxygens (including phenoxy) is 3. The summed E-state index contributed by atoms with van der Waals surface area (Å²) in [6, 6.07) is 23.5. The molecule has 1 fully saturated rings. The maximum absolute atomic E-state index is 13.1. The molecule has 1 saturated heterocycles. The zero-order valence-corrected chi connectivity index (χ0v) is 24.6. The van der Waals surface area contributed by atoms with E-state index < -0.39 is 17.1 Å². The lowest BCUT2D eigenvalue weighted by Crippen LogP contribution is -2.32. The predicted molar refractivity (Wildman–Crippen MR) is 166 cm³/mol. The van der Waals surface area contributed by atoms with Crippen molar-refractivity contribution in [2.75, 3.05) is 32.2 Å². The van der Waals surface area contributed by atoms with Crippen LogP contribution in [0.4, 0.5) is 10.5 Å². The third-order valence-electron chi connectivity index (χ3n) is 6.24. The van der Waals surface area contributed by atoms with Gasteiger partial charge in [0.25, 0.3) is 17.1 Å². The molecule has 4 aromatic carbocycles. The largest absolute Gasteiger partial charge is 0.493 e. The molecule has 3 amide bonds. The Labute approximate surface area is 256 Å². The van der Waals surface area contributed by atoms with Gasteiger partial charge in [-0.2, -0.15) is 0 Å². The second-order valence-corrected chi connectivity index (χ2v) is 10.8. The van der Waals surface area contributed by atoms with Crippen molar-refractivity contribution in [3.8, 4) is 17.2 Å². The molecule has 1 N–H and O–H groups in total. The van der Waals surface area contributed by atoms with Gasteiger partial charge >= 0.3 is 0 Å². The van der Waals surface area contributed by atoms with Gasteiger partial charge < -0.3 is 19.5 Å². The molecule has 0 bridgehead atoms. The number of imide groups is 1. The highest BCUT2D eigenvalue weighted by Crippen LogP contribution is 2.39. The van der Waals surface area contributed by atoms with Gasteiger partial charge in [0.05, 0.1) is 34.3 Å². The number of nitrogens with one attached hydrogen (secondary N) is 1. The van der Waals surface area contributed by atoms with Gasteiger partial charge in [0, 0.05) is 5.39 Å². The van der Waals surface area contributed by atoms with Gasteiger partial charge in [-0.25, -0.2) is 0 Å². The van der Waals surface area contributed by atoms with Crippen LogP contribution in [0.3, 0.4) is 0 Å². The molecular formula is C31H24Cl2N2O6S. The summed E-state index contributed by atoms with van der Waals surface area (Å²) in [4.78, 5) is 39.5. The number of carbonyl (C=O) groups is 3. The van der Waals surface area contributed by atoms with E-state index in [-0.39, 0.29) is 41.2 Å². The minimum absolute atomic E-state index is 0.0956. The Bertz CT molecular complexity index is 1710. The van der Waals surface area contributed by atoms with Crippen LogP contribution in [0.15, 0.2) is 83.8 Å². The lowest BCUT2D eigenvalue weighted by molar-refractivity contribution is -0.123. The van der Waals surface area contributed by atoms with Crippen molar-refractivity contribution < 1.29 is 28.6 Å². The molecule has 0 spiro atoms. The van der Waals surface area contributed by atoms with Crippen molar-refractivity contribution in [1.82, 2.24) is 4.90 Å². The number of para-hydroxylation sites is 1. The number of anilines is 1. The predicted octanol–water partition coefficient (Wildman–Crippen LogP) is 7.29. The number of nitrogens with zero attached hydrogens (tertiary/aromatic N) is 1. The number of benzene rings is 4. The highest BCUT2D eigenvalue weighted by atomic mass is 35.5. The molecule has 1 heterocycles. The van der Waals surface area contributed by atoms with Gasteiger partial charge in [-0.1, -0.05) is 71.7 Å². The maximum atomic E-state index is 13.1. The quantitative estimate of drug-likeness (QED) is 0.186. The van der Waals surface area contributed by atoms with E-state index in [0.29, 0.717) is 22.0 Å². The summed E-state index contributed by atoms with van der Waals surface area (Å²) >= 11 is 13.4.